The summed E-state index contributed by atoms with van der Waals surface area (Å²) < 4.78 is 33.8. The molecule has 1 aliphatic rings. The summed E-state index contributed by atoms with van der Waals surface area (Å²) in [5, 5.41) is 20.4. The first kappa shape index (κ1) is 24.2. The molecule has 0 spiro atoms. The zero-order chi connectivity index (χ0) is 22.0. The van der Waals surface area contributed by atoms with Gasteiger partial charge < -0.3 is 19.7 Å². The van der Waals surface area contributed by atoms with E-state index in [1.165, 1.54) is 6.08 Å². The van der Waals surface area contributed by atoms with Crippen molar-refractivity contribution in [2.24, 2.45) is 11.8 Å². The van der Waals surface area contributed by atoms with E-state index in [1.807, 2.05) is 18.2 Å². The molecule has 0 unspecified atom stereocenters. The van der Waals surface area contributed by atoms with Crippen LogP contribution >= 0.6 is 0 Å². The van der Waals surface area contributed by atoms with Crippen LogP contribution < -0.4 is 4.74 Å². The molecular weight excluding hydrogens is 390 g/mol. The molecule has 1 aromatic carbocycles. The fraction of sp³-hybridized carbons (Fsp3) is 0.542. The molecule has 1 aromatic rings. The average Bonchev–Trinajstić information content (AvgIpc) is 2.96. The number of hydrogen-bond donors (Lipinski definition) is 2. The van der Waals surface area contributed by atoms with Crippen molar-refractivity contribution in [3.05, 3.63) is 54.6 Å². The van der Waals surface area contributed by atoms with Crippen molar-refractivity contribution in [2.75, 3.05) is 6.61 Å². The van der Waals surface area contributed by atoms with Gasteiger partial charge in [-0.2, -0.15) is 0 Å². The number of allylic oxidation sites excluding steroid dienone is 3. The predicted molar refractivity (Wildman–Crippen MR) is 113 cm³/mol. The first-order chi connectivity index (χ1) is 14.3. The van der Waals surface area contributed by atoms with Crippen LogP contribution in [0.25, 0.3) is 0 Å². The summed E-state index contributed by atoms with van der Waals surface area (Å²) in [6.45, 7) is 1.43. The third-order valence-electron chi connectivity index (χ3n) is 5.40. The van der Waals surface area contributed by atoms with Crippen LogP contribution in [0.4, 0.5) is 8.78 Å². The third kappa shape index (κ3) is 8.36. The fourth-order valence-electron chi connectivity index (χ4n) is 3.70. The fourth-order valence-corrected chi connectivity index (χ4v) is 3.70. The third-order valence-corrected chi connectivity index (χ3v) is 5.40. The molecule has 166 valence electrons. The number of hydrogen-bond acceptors (Lipinski definition) is 4. The van der Waals surface area contributed by atoms with Gasteiger partial charge in [0.1, 0.15) is 11.5 Å². The summed E-state index contributed by atoms with van der Waals surface area (Å²) in [5.74, 6) is -3.20. The number of rotatable bonds is 12. The molecule has 0 aromatic heterocycles. The Morgan fingerprint density at radius 2 is 1.93 bits per heavy atom. The quantitative estimate of drug-likeness (QED) is 0.378. The normalized spacial score (nSPS) is 24.7. The van der Waals surface area contributed by atoms with Crippen molar-refractivity contribution in [1.29, 1.82) is 0 Å². The lowest BCUT2D eigenvalue weighted by Gasteiger charge is -2.20. The highest BCUT2D eigenvalue weighted by atomic mass is 19.3. The molecular formula is C24H32F2O4. The number of carbonyl (C=O) groups is 1. The molecule has 4 atom stereocenters. The Balaban J connectivity index is 1.85. The SMILES string of the molecule is CC(=O)CCC/C=C\C[C@@H]1[C@@H](/C=C/C(F)(F)CCOc2ccccc2)[C@H](O)C[C@@H]1O. The van der Waals surface area contributed by atoms with E-state index in [1.54, 1.807) is 31.2 Å². The summed E-state index contributed by atoms with van der Waals surface area (Å²) in [6, 6.07) is 8.80. The highest BCUT2D eigenvalue weighted by molar-refractivity contribution is 5.75. The van der Waals surface area contributed by atoms with Crippen LogP contribution in [0, 0.1) is 11.8 Å². The summed E-state index contributed by atoms with van der Waals surface area (Å²) in [5.41, 5.74) is 0. The van der Waals surface area contributed by atoms with Crippen LogP contribution in [0.5, 0.6) is 5.75 Å². The minimum Gasteiger partial charge on any atom is -0.493 e. The zero-order valence-corrected chi connectivity index (χ0v) is 17.4. The van der Waals surface area contributed by atoms with Gasteiger partial charge >= 0.3 is 0 Å². The van der Waals surface area contributed by atoms with E-state index < -0.39 is 30.5 Å². The average molecular weight is 423 g/mol. The lowest BCUT2D eigenvalue weighted by molar-refractivity contribution is -0.117. The van der Waals surface area contributed by atoms with Crippen LogP contribution in [-0.4, -0.2) is 40.7 Å². The van der Waals surface area contributed by atoms with Crippen LogP contribution in [0.1, 0.15) is 45.4 Å². The van der Waals surface area contributed by atoms with E-state index in [9.17, 15) is 23.8 Å². The molecule has 6 heteroatoms. The summed E-state index contributed by atoms with van der Waals surface area (Å²) in [4.78, 5) is 10.9. The Morgan fingerprint density at radius 3 is 2.63 bits per heavy atom. The molecule has 1 fully saturated rings. The number of Topliss-reactive ketones (excluding diaryl/α,β-unsaturated/α-hetero) is 1. The first-order valence-corrected chi connectivity index (χ1v) is 10.5. The summed E-state index contributed by atoms with van der Waals surface area (Å²) >= 11 is 0. The number of ether oxygens (including phenoxy) is 1. The molecule has 0 radical (unpaired) electrons. The number of para-hydroxylation sites is 1. The largest absolute Gasteiger partial charge is 0.493 e. The summed E-state index contributed by atoms with van der Waals surface area (Å²) in [6.07, 6.45) is 6.71. The van der Waals surface area contributed by atoms with Gasteiger partial charge in [-0.1, -0.05) is 36.4 Å². The van der Waals surface area contributed by atoms with Crippen molar-refractivity contribution in [3.8, 4) is 5.75 Å². The van der Waals surface area contributed by atoms with Crippen LogP contribution in [0.3, 0.4) is 0 Å². The minimum atomic E-state index is -3.06. The molecule has 0 amide bonds. The maximum atomic E-state index is 14.2. The zero-order valence-electron chi connectivity index (χ0n) is 17.4. The smallest absolute Gasteiger partial charge is 0.269 e. The van der Waals surface area contributed by atoms with Gasteiger partial charge in [0.25, 0.3) is 5.92 Å². The molecule has 1 aliphatic carbocycles. The molecule has 0 bridgehead atoms. The highest BCUT2D eigenvalue weighted by Gasteiger charge is 2.40. The first-order valence-electron chi connectivity index (χ1n) is 10.5. The van der Waals surface area contributed by atoms with Crippen molar-refractivity contribution in [2.45, 2.75) is 63.6 Å². The van der Waals surface area contributed by atoms with Gasteiger partial charge in [-0.25, -0.2) is 8.78 Å². The number of halogens is 2. The lowest BCUT2D eigenvalue weighted by Crippen LogP contribution is -2.22. The van der Waals surface area contributed by atoms with Gasteiger partial charge in [0.2, 0.25) is 0 Å². The number of carbonyl (C=O) groups excluding carboxylic acids is 1. The monoisotopic (exact) mass is 422 g/mol. The number of aliphatic hydroxyl groups is 2. The van der Waals surface area contributed by atoms with E-state index >= 15 is 0 Å². The van der Waals surface area contributed by atoms with E-state index in [4.69, 9.17) is 4.74 Å². The topological polar surface area (TPSA) is 66.8 Å². The van der Waals surface area contributed by atoms with Crippen LogP contribution in [0.15, 0.2) is 54.6 Å². The second kappa shape index (κ2) is 12.0. The van der Waals surface area contributed by atoms with Crippen molar-refractivity contribution in [1.82, 2.24) is 0 Å². The highest BCUT2D eigenvalue weighted by Crippen LogP contribution is 2.37. The second-order valence-corrected chi connectivity index (χ2v) is 7.94. The maximum Gasteiger partial charge on any atom is 0.269 e. The number of ketones is 1. The number of aliphatic hydroxyl groups excluding tert-OH is 2. The predicted octanol–water partition coefficient (Wildman–Crippen LogP) is 4.71. The van der Waals surface area contributed by atoms with Gasteiger partial charge in [-0.05, 0) is 50.3 Å². The Bertz CT molecular complexity index is 702. The van der Waals surface area contributed by atoms with Crippen molar-refractivity contribution in [3.63, 3.8) is 0 Å². The maximum absolute atomic E-state index is 14.2. The Hall–Kier alpha value is -2.05. The van der Waals surface area contributed by atoms with E-state index in [0.29, 0.717) is 18.6 Å². The Morgan fingerprint density at radius 1 is 1.20 bits per heavy atom. The van der Waals surface area contributed by atoms with E-state index in [-0.39, 0.29) is 24.7 Å². The van der Waals surface area contributed by atoms with E-state index in [2.05, 4.69) is 0 Å². The summed E-state index contributed by atoms with van der Waals surface area (Å²) in [7, 11) is 0. The van der Waals surface area contributed by atoms with Crippen LogP contribution in [0.2, 0.25) is 0 Å². The molecule has 0 aliphatic heterocycles. The van der Waals surface area contributed by atoms with Gasteiger partial charge in [-0.15, -0.1) is 0 Å². The van der Waals surface area contributed by atoms with Gasteiger partial charge in [0.05, 0.1) is 18.8 Å². The standard InChI is InChI=1S/C24H32F2O4/c1-18(27)9-5-2-3-8-12-20-21(23(29)17-22(20)28)13-14-24(25,26)15-16-30-19-10-6-4-7-11-19/h3-4,6-8,10-11,13-14,20-23,28-29H,2,5,9,12,15-17H2,1H3/b8-3-,14-13+/t20-,21-,22+,23-/m1/s1. The van der Waals surface area contributed by atoms with Crippen molar-refractivity contribution >= 4 is 5.78 Å². The Labute approximate surface area is 177 Å². The molecule has 4 nitrogen and oxygen atoms in total. The number of unbranched alkanes of at least 4 members (excludes halogenated alkanes) is 1. The number of benzene rings is 1. The van der Waals surface area contributed by atoms with Gasteiger partial charge in [-0.3, -0.25) is 0 Å². The molecule has 2 N–H and O–H groups in total. The van der Waals surface area contributed by atoms with Gasteiger partial charge in [0.15, 0.2) is 0 Å². The van der Waals surface area contributed by atoms with E-state index in [0.717, 1.165) is 18.9 Å². The van der Waals surface area contributed by atoms with Crippen molar-refractivity contribution < 1.29 is 28.5 Å². The molecule has 0 heterocycles. The van der Waals surface area contributed by atoms with Crippen LogP contribution in [-0.2, 0) is 4.79 Å². The Kier molecular flexibility index (Phi) is 9.66. The molecule has 1 saturated carbocycles. The van der Waals surface area contributed by atoms with Gasteiger partial charge in [0, 0.05) is 25.2 Å². The second-order valence-electron chi connectivity index (χ2n) is 7.94. The minimum absolute atomic E-state index is 0.121. The lowest BCUT2D eigenvalue weighted by atomic mass is 9.89. The number of alkyl halides is 2. The molecule has 30 heavy (non-hydrogen) atoms. The molecule has 2 rings (SSSR count). The molecule has 0 saturated heterocycles.